The van der Waals surface area contributed by atoms with Crippen molar-refractivity contribution in [3.05, 3.63) is 70.3 Å². The first-order valence-electron chi connectivity index (χ1n) is 6.89. The molecular formula is C17H12N4OS. The molecule has 1 amide bonds. The van der Waals surface area contributed by atoms with Crippen LogP contribution in [-0.2, 0) is 6.54 Å². The maximum absolute atomic E-state index is 12.2. The molecule has 0 aliphatic heterocycles. The Balaban J connectivity index is 1.76. The van der Waals surface area contributed by atoms with Gasteiger partial charge in [-0.1, -0.05) is 6.07 Å². The number of rotatable bonds is 4. The van der Waals surface area contributed by atoms with Gasteiger partial charge in [0, 0.05) is 28.9 Å². The number of nitrogens with one attached hydrogen (secondary N) is 1. The van der Waals surface area contributed by atoms with Gasteiger partial charge in [0.2, 0.25) is 0 Å². The van der Waals surface area contributed by atoms with E-state index in [9.17, 15) is 4.79 Å². The van der Waals surface area contributed by atoms with Gasteiger partial charge in [-0.15, -0.1) is 0 Å². The normalized spacial score (nSPS) is 10.0. The van der Waals surface area contributed by atoms with E-state index in [2.05, 4.69) is 15.3 Å². The maximum atomic E-state index is 12.2. The lowest BCUT2D eigenvalue weighted by molar-refractivity contribution is 0.0950. The Bertz CT molecular complexity index is 868. The van der Waals surface area contributed by atoms with Gasteiger partial charge >= 0.3 is 0 Å². The third-order valence-corrected chi connectivity index (χ3v) is 3.92. The van der Waals surface area contributed by atoms with Crippen LogP contribution in [0.1, 0.15) is 21.6 Å². The smallest absolute Gasteiger partial charge is 0.251 e. The van der Waals surface area contributed by atoms with Crippen LogP contribution in [0.5, 0.6) is 0 Å². The largest absolute Gasteiger partial charge is 0.346 e. The number of carbonyl (C=O) groups is 1. The first-order valence-corrected chi connectivity index (χ1v) is 7.83. The van der Waals surface area contributed by atoms with Gasteiger partial charge in [-0.05, 0) is 29.6 Å². The predicted molar refractivity (Wildman–Crippen MR) is 87.7 cm³/mol. The highest BCUT2D eigenvalue weighted by atomic mass is 32.1. The highest BCUT2D eigenvalue weighted by Crippen LogP contribution is 2.22. The van der Waals surface area contributed by atoms with Crippen LogP contribution in [0.15, 0.2) is 53.5 Å². The molecule has 0 aliphatic carbocycles. The molecule has 0 bridgehead atoms. The number of nitrogens with zero attached hydrogens (tertiary/aromatic N) is 3. The van der Waals surface area contributed by atoms with Crippen LogP contribution < -0.4 is 5.32 Å². The zero-order valence-corrected chi connectivity index (χ0v) is 12.9. The molecule has 0 saturated carbocycles. The summed E-state index contributed by atoms with van der Waals surface area (Å²) in [5.74, 6) is -0.246. The number of aromatic nitrogens is 2. The van der Waals surface area contributed by atoms with Crippen LogP contribution in [0.3, 0.4) is 0 Å². The quantitative estimate of drug-likeness (QED) is 0.801. The number of carbonyl (C=O) groups excluding carboxylic acids is 1. The van der Waals surface area contributed by atoms with E-state index >= 15 is 0 Å². The van der Waals surface area contributed by atoms with Crippen LogP contribution in [0, 0.1) is 11.3 Å². The molecule has 0 spiro atoms. The summed E-state index contributed by atoms with van der Waals surface area (Å²) in [4.78, 5) is 20.9. The third-order valence-electron chi connectivity index (χ3n) is 3.24. The third kappa shape index (κ3) is 3.42. The number of hydrogen-bond donors (Lipinski definition) is 1. The van der Waals surface area contributed by atoms with Gasteiger partial charge in [0.1, 0.15) is 0 Å². The van der Waals surface area contributed by atoms with Gasteiger partial charge in [0.05, 0.1) is 29.6 Å². The molecule has 0 aliphatic rings. The number of amides is 1. The van der Waals surface area contributed by atoms with Crippen molar-refractivity contribution in [2.45, 2.75) is 6.54 Å². The second-order valence-corrected chi connectivity index (χ2v) is 5.52. The average Bonchev–Trinajstić information content (AvgIpc) is 3.14. The molecule has 23 heavy (non-hydrogen) atoms. The lowest BCUT2D eigenvalue weighted by atomic mass is 10.1. The van der Waals surface area contributed by atoms with E-state index in [1.165, 1.54) is 0 Å². The van der Waals surface area contributed by atoms with E-state index in [-0.39, 0.29) is 12.5 Å². The van der Waals surface area contributed by atoms with E-state index in [1.54, 1.807) is 48.0 Å². The number of hydrogen-bond acceptors (Lipinski definition) is 5. The van der Waals surface area contributed by atoms with Gasteiger partial charge in [0.25, 0.3) is 5.91 Å². The number of thiophene rings is 1. The fraction of sp³-hybridized carbons (Fsp3) is 0.0588. The SMILES string of the molecule is N#Cc1cccc(C(=O)NCc2nccnc2-c2ccsc2)c1. The summed E-state index contributed by atoms with van der Waals surface area (Å²) < 4.78 is 0. The monoisotopic (exact) mass is 320 g/mol. The highest BCUT2D eigenvalue weighted by molar-refractivity contribution is 7.08. The van der Waals surface area contributed by atoms with Crippen molar-refractivity contribution >= 4 is 17.2 Å². The Morgan fingerprint density at radius 2 is 2.13 bits per heavy atom. The first kappa shape index (κ1) is 14.9. The molecule has 1 N–H and O–H groups in total. The molecule has 0 fully saturated rings. The van der Waals surface area contributed by atoms with Crippen molar-refractivity contribution in [1.29, 1.82) is 5.26 Å². The van der Waals surface area contributed by atoms with Crippen molar-refractivity contribution in [2.24, 2.45) is 0 Å². The fourth-order valence-corrected chi connectivity index (χ4v) is 2.77. The Kier molecular flexibility index (Phi) is 4.41. The van der Waals surface area contributed by atoms with E-state index in [4.69, 9.17) is 5.26 Å². The summed E-state index contributed by atoms with van der Waals surface area (Å²) >= 11 is 1.58. The molecule has 2 aromatic heterocycles. The van der Waals surface area contributed by atoms with Crippen LogP contribution in [0.25, 0.3) is 11.3 Å². The summed E-state index contributed by atoms with van der Waals surface area (Å²) in [6, 6.07) is 10.6. The summed E-state index contributed by atoms with van der Waals surface area (Å²) in [6.07, 6.45) is 3.24. The minimum absolute atomic E-state index is 0.246. The van der Waals surface area contributed by atoms with E-state index in [0.29, 0.717) is 16.8 Å². The molecule has 2 heterocycles. The maximum Gasteiger partial charge on any atom is 0.251 e. The molecule has 0 unspecified atom stereocenters. The molecule has 0 saturated heterocycles. The van der Waals surface area contributed by atoms with E-state index in [1.807, 2.05) is 22.9 Å². The van der Waals surface area contributed by atoms with Gasteiger partial charge in [-0.25, -0.2) is 0 Å². The summed E-state index contributed by atoms with van der Waals surface area (Å²) in [6.45, 7) is 0.272. The molecule has 0 radical (unpaired) electrons. The molecule has 112 valence electrons. The van der Waals surface area contributed by atoms with Gasteiger partial charge in [-0.3, -0.25) is 14.8 Å². The lowest BCUT2D eigenvalue weighted by Crippen LogP contribution is -2.23. The zero-order chi connectivity index (χ0) is 16.1. The summed E-state index contributed by atoms with van der Waals surface area (Å²) in [7, 11) is 0. The zero-order valence-electron chi connectivity index (χ0n) is 12.1. The Morgan fingerprint density at radius 1 is 1.26 bits per heavy atom. The van der Waals surface area contributed by atoms with E-state index < -0.39 is 0 Å². The van der Waals surface area contributed by atoms with Crippen molar-refractivity contribution in [3.8, 4) is 17.3 Å². The van der Waals surface area contributed by atoms with Crippen LogP contribution in [-0.4, -0.2) is 15.9 Å². The van der Waals surface area contributed by atoms with Crippen molar-refractivity contribution in [1.82, 2.24) is 15.3 Å². The first-order chi connectivity index (χ1) is 11.3. The minimum atomic E-state index is -0.246. The van der Waals surface area contributed by atoms with Crippen LogP contribution >= 0.6 is 11.3 Å². The Labute approximate surface area is 137 Å². The second kappa shape index (κ2) is 6.81. The van der Waals surface area contributed by atoms with Crippen molar-refractivity contribution in [2.75, 3.05) is 0 Å². The van der Waals surface area contributed by atoms with Crippen LogP contribution in [0.2, 0.25) is 0 Å². The highest BCUT2D eigenvalue weighted by Gasteiger charge is 2.11. The standard InChI is InChI=1S/C17H12N4OS/c18-9-12-2-1-3-13(8-12)17(22)21-10-15-16(20-6-5-19-15)14-4-7-23-11-14/h1-8,11H,10H2,(H,21,22). The molecular weight excluding hydrogens is 308 g/mol. The molecule has 3 rings (SSSR count). The van der Waals surface area contributed by atoms with Crippen LogP contribution in [0.4, 0.5) is 0 Å². The molecule has 0 atom stereocenters. The Hall–Kier alpha value is -3.04. The topological polar surface area (TPSA) is 78.7 Å². The fourth-order valence-electron chi connectivity index (χ4n) is 2.13. The Morgan fingerprint density at radius 3 is 2.91 bits per heavy atom. The molecule has 3 aromatic rings. The van der Waals surface area contributed by atoms with Gasteiger partial charge in [0.15, 0.2) is 0 Å². The van der Waals surface area contributed by atoms with Gasteiger partial charge < -0.3 is 5.32 Å². The van der Waals surface area contributed by atoms with Crippen molar-refractivity contribution < 1.29 is 4.79 Å². The summed E-state index contributed by atoms with van der Waals surface area (Å²) in [5, 5.41) is 15.7. The van der Waals surface area contributed by atoms with E-state index in [0.717, 1.165) is 11.3 Å². The molecule has 1 aromatic carbocycles. The molecule has 6 heteroatoms. The number of nitriles is 1. The average molecular weight is 320 g/mol. The van der Waals surface area contributed by atoms with Gasteiger partial charge in [-0.2, -0.15) is 16.6 Å². The summed E-state index contributed by atoms with van der Waals surface area (Å²) in [5.41, 5.74) is 3.36. The second-order valence-electron chi connectivity index (χ2n) is 4.74. The predicted octanol–water partition coefficient (Wildman–Crippen LogP) is 3.01. The molecule has 5 nitrogen and oxygen atoms in total. The minimum Gasteiger partial charge on any atom is -0.346 e. The lowest BCUT2D eigenvalue weighted by Gasteiger charge is -2.08. The van der Waals surface area contributed by atoms with Crippen molar-refractivity contribution in [3.63, 3.8) is 0 Å². The number of benzene rings is 1.